The molecule has 0 saturated carbocycles. The Bertz CT molecular complexity index is 710. The molecule has 1 heterocycles. The van der Waals surface area contributed by atoms with Crippen molar-refractivity contribution in [1.29, 1.82) is 0 Å². The van der Waals surface area contributed by atoms with Crippen molar-refractivity contribution in [2.75, 3.05) is 27.2 Å². The van der Waals surface area contributed by atoms with Crippen molar-refractivity contribution in [3.05, 3.63) is 29.8 Å². The zero-order valence-electron chi connectivity index (χ0n) is 15.3. The fraction of sp³-hybridized carbons (Fsp3) is 0.556. The molecule has 0 aliphatic carbocycles. The highest BCUT2D eigenvalue weighted by Crippen LogP contribution is 2.38. The lowest BCUT2D eigenvalue weighted by atomic mass is 9.86. The van der Waals surface area contributed by atoms with Crippen LogP contribution in [0.5, 0.6) is 5.75 Å². The van der Waals surface area contributed by atoms with Crippen molar-refractivity contribution in [2.24, 2.45) is 11.8 Å². The van der Waals surface area contributed by atoms with Gasteiger partial charge >= 0.3 is 12.1 Å². The molecule has 150 valence electrons. The number of halogens is 3. The first-order chi connectivity index (χ1) is 12.5. The highest BCUT2D eigenvalue weighted by atomic mass is 19.4. The number of aliphatic carboxylic acids is 1. The Morgan fingerprint density at radius 3 is 2.56 bits per heavy atom. The van der Waals surface area contributed by atoms with Crippen LogP contribution in [0.25, 0.3) is 0 Å². The van der Waals surface area contributed by atoms with E-state index in [0.717, 1.165) is 0 Å². The number of likely N-dealkylation sites (tertiary alicyclic amines) is 1. The molecule has 3 unspecified atom stereocenters. The van der Waals surface area contributed by atoms with E-state index in [1.165, 1.54) is 26.0 Å². The van der Waals surface area contributed by atoms with Crippen LogP contribution in [-0.4, -0.2) is 55.3 Å². The first-order valence-electron chi connectivity index (χ1n) is 8.40. The summed E-state index contributed by atoms with van der Waals surface area (Å²) in [7, 11) is 2.96. The number of carboxylic acid groups (broad SMARTS) is 1. The van der Waals surface area contributed by atoms with Crippen molar-refractivity contribution < 1.29 is 32.6 Å². The average molecular weight is 388 g/mol. The molecule has 9 heteroatoms. The van der Waals surface area contributed by atoms with Crippen LogP contribution < -0.4 is 10.1 Å². The standard InChI is InChI=1S/C18H23F3N2O4/c1-17(8-15(24)25,11-5-4-6-12(7-11)27-3)22-16(26)13-9-23(2)10-14(13)18(19,20)21/h4-7,13-14H,8-10H2,1-3H3,(H,22,26)(H,24,25). The molecule has 27 heavy (non-hydrogen) atoms. The number of ether oxygens (including phenoxy) is 1. The monoisotopic (exact) mass is 388 g/mol. The third-order valence-corrected chi connectivity index (χ3v) is 4.87. The molecule has 2 N–H and O–H groups in total. The first-order valence-corrected chi connectivity index (χ1v) is 8.40. The van der Waals surface area contributed by atoms with Crippen LogP contribution in [0, 0.1) is 11.8 Å². The van der Waals surface area contributed by atoms with Gasteiger partial charge in [0.05, 0.1) is 30.9 Å². The number of nitrogens with one attached hydrogen (secondary N) is 1. The number of alkyl halides is 3. The number of methoxy groups -OCH3 is 1. The molecule has 1 saturated heterocycles. The van der Waals surface area contributed by atoms with Gasteiger partial charge in [-0.2, -0.15) is 13.2 Å². The van der Waals surface area contributed by atoms with Gasteiger partial charge in [-0.1, -0.05) is 12.1 Å². The Balaban J connectivity index is 2.32. The highest BCUT2D eigenvalue weighted by Gasteiger charge is 2.52. The van der Waals surface area contributed by atoms with Crippen molar-refractivity contribution >= 4 is 11.9 Å². The van der Waals surface area contributed by atoms with Gasteiger partial charge in [-0.25, -0.2) is 0 Å². The van der Waals surface area contributed by atoms with Crippen molar-refractivity contribution in [3.8, 4) is 5.75 Å². The number of amides is 1. The normalized spacial score (nSPS) is 22.9. The van der Waals surface area contributed by atoms with E-state index in [1.54, 1.807) is 24.3 Å². The molecule has 6 nitrogen and oxygen atoms in total. The number of carbonyl (C=O) groups is 2. The summed E-state index contributed by atoms with van der Waals surface area (Å²) >= 11 is 0. The molecule has 1 fully saturated rings. The predicted octanol–water partition coefficient (Wildman–Crippen LogP) is 2.24. The van der Waals surface area contributed by atoms with E-state index in [-0.39, 0.29) is 13.1 Å². The third kappa shape index (κ3) is 4.91. The Labute approximate surface area is 155 Å². The number of nitrogens with zero attached hydrogens (tertiary/aromatic N) is 1. The van der Waals surface area contributed by atoms with Gasteiger partial charge in [-0.3, -0.25) is 9.59 Å². The van der Waals surface area contributed by atoms with Gasteiger partial charge in [-0.15, -0.1) is 0 Å². The highest BCUT2D eigenvalue weighted by molar-refractivity contribution is 5.82. The van der Waals surface area contributed by atoms with Crippen molar-refractivity contribution in [2.45, 2.75) is 25.1 Å². The lowest BCUT2D eigenvalue weighted by Gasteiger charge is -2.32. The van der Waals surface area contributed by atoms with E-state index in [2.05, 4.69) is 5.32 Å². The van der Waals surface area contributed by atoms with E-state index in [4.69, 9.17) is 4.74 Å². The van der Waals surface area contributed by atoms with E-state index >= 15 is 0 Å². The number of benzene rings is 1. The summed E-state index contributed by atoms with van der Waals surface area (Å²) in [6.07, 6.45) is -4.99. The average Bonchev–Trinajstić information content (AvgIpc) is 2.96. The van der Waals surface area contributed by atoms with Gasteiger partial charge in [0.15, 0.2) is 0 Å². The Morgan fingerprint density at radius 1 is 1.33 bits per heavy atom. The zero-order chi connectivity index (χ0) is 20.4. The van der Waals surface area contributed by atoms with Crippen LogP contribution in [0.1, 0.15) is 18.9 Å². The topological polar surface area (TPSA) is 78.9 Å². The zero-order valence-corrected chi connectivity index (χ0v) is 15.3. The molecule has 0 spiro atoms. The molecule has 1 aliphatic heterocycles. The second-order valence-electron chi connectivity index (χ2n) is 7.10. The summed E-state index contributed by atoms with van der Waals surface area (Å²) in [4.78, 5) is 25.5. The van der Waals surface area contributed by atoms with Gasteiger partial charge in [0.1, 0.15) is 5.75 Å². The fourth-order valence-electron chi connectivity index (χ4n) is 3.45. The summed E-state index contributed by atoms with van der Waals surface area (Å²) < 4.78 is 45.0. The quantitative estimate of drug-likeness (QED) is 0.782. The number of hydrogen-bond donors (Lipinski definition) is 2. The minimum absolute atomic E-state index is 0.0444. The van der Waals surface area contributed by atoms with Gasteiger partial charge < -0.3 is 20.1 Å². The molecule has 0 radical (unpaired) electrons. The van der Waals surface area contributed by atoms with Crippen LogP contribution >= 0.6 is 0 Å². The minimum atomic E-state index is -4.51. The minimum Gasteiger partial charge on any atom is -0.497 e. The smallest absolute Gasteiger partial charge is 0.393 e. The SMILES string of the molecule is COc1cccc(C(C)(CC(=O)O)NC(=O)C2CN(C)CC2C(F)(F)F)c1. The maximum absolute atomic E-state index is 13.3. The maximum Gasteiger partial charge on any atom is 0.393 e. The maximum atomic E-state index is 13.3. The molecule has 3 atom stereocenters. The van der Waals surface area contributed by atoms with Crippen molar-refractivity contribution in [3.63, 3.8) is 0 Å². The van der Waals surface area contributed by atoms with Crippen molar-refractivity contribution in [1.82, 2.24) is 10.2 Å². The Hall–Kier alpha value is -2.29. The van der Waals surface area contributed by atoms with Crippen LogP contribution in [-0.2, 0) is 15.1 Å². The van der Waals surface area contributed by atoms with Gasteiger partial charge in [0.25, 0.3) is 0 Å². The molecular weight excluding hydrogens is 365 g/mol. The van der Waals surface area contributed by atoms with E-state index < -0.39 is 41.8 Å². The van der Waals surface area contributed by atoms with Crippen LogP contribution in [0.15, 0.2) is 24.3 Å². The first kappa shape index (κ1) is 21.0. The molecule has 1 aromatic carbocycles. The van der Waals surface area contributed by atoms with Gasteiger partial charge in [0.2, 0.25) is 5.91 Å². The number of carbonyl (C=O) groups excluding carboxylic acids is 1. The summed E-state index contributed by atoms with van der Waals surface area (Å²) in [6.45, 7) is 1.17. The van der Waals surface area contributed by atoms with E-state index in [1.807, 2.05) is 0 Å². The predicted molar refractivity (Wildman–Crippen MR) is 91.3 cm³/mol. The summed E-state index contributed by atoms with van der Waals surface area (Å²) in [5.74, 6) is -4.63. The van der Waals surface area contributed by atoms with E-state index in [0.29, 0.717) is 11.3 Å². The number of rotatable bonds is 6. The molecule has 2 rings (SSSR count). The summed E-state index contributed by atoms with van der Waals surface area (Å²) in [5.41, 5.74) is -0.943. The van der Waals surface area contributed by atoms with Crippen LogP contribution in [0.2, 0.25) is 0 Å². The molecule has 1 aliphatic rings. The number of hydrogen-bond acceptors (Lipinski definition) is 4. The second-order valence-corrected chi connectivity index (χ2v) is 7.10. The van der Waals surface area contributed by atoms with Gasteiger partial charge in [-0.05, 0) is 31.7 Å². The lowest BCUT2D eigenvalue weighted by molar-refractivity contribution is -0.183. The van der Waals surface area contributed by atoms with E-state index in [9.17, 15) is 27.9 Å². The number of carboxylic acids is 1. The van der Waals surface area contributed by atoms with Gasteiger partial charge in [0, 0.05) is 13.1 Å². The molecule has 1 aromatic rings. The molecule has 0 bridgehead atoms. The third-order valence-electron chi connectivity index (χ3n) is 4.87. The van der Waals surface area contributed by atoms with Crippen LogP contribution in [0.3, 0.4) is 0 Å². The second kappa shape index (κ2) is 7.75. The lowest BCUT2D eigenvalue weighted by Crippen LogP contribution is -2.50. The summed E-state index contributed by atoms with van der Waals surface area (Å²) in [6, 6.07) is 6.44. The molecule has 0 aromatic heterocycles. The van der Waals surface area contributed by atoms with Crippen LogP contribution in [0.4, 0.5) is 13.2 Å². The molecule has 1 amide bonds. The molecular formula is C18H23F3N2O4. The fourth-order valence-corrected chi connectivity index (χ4v) is 3.45. The Kier molecular flexibility index (Phi) is 6.04. The summed E-state index contributed by atoms with van der Waals surface area (Å²) in [5, 5.41) is 11.8. The largest absolute Gasteiger partial charge is 0.497 e. The Morgan fingerprint density at radius 2 is 2.00 bits per heavy atom.